The van der Waals surface area contributed by atoms with Gasteiger partial charge in [0.2, 0.25) is 0 Å². The van der Waals surface area contributed by atoms with E-state index in [1.807, 2.05) is 27.4 Å². The SMILES string of the molecule is CCc1c(C(=O)N2CCC(n3cc(C)cn3)C2)cnn1CCC(C)C. The number of nitrogens with zero attached hydrogens (tertiary/aromatic N) is 5. The van der Waals surface area contributed by atoms with Crippen molar-refractivity contribution in [3.05, 3.63) is 35.4 Å². The first-order valence-corrected chi connectivity index (χ1v) is 9.34. The standard InChI is InChI=1S/C19H29N5O/c1-5-18-17(11-21-23(18)9-6-14(2)3)19(25)22-8-7-16(13-22)24-12-15(4)10-20-24/h10-12,14,16H,5-9,13H2,1-4H3. The summed E-state index contributed by atoms with van der Waals surface area (Å²) >= 11 is 0. The van der Waals surface area contributed by atoms with Crippen LogP contribution in [-0.2, 0) is 13.0 Å². The van der Waals surface area contributed by atoms with Gasteiger partial charge in [-0.15, -0.1) is 0 Å². The highest BCUT2D eigenvalue weighted by molar-refractivity contribution is 5.95. The maximum atomic E-state index is 13.0. The molecule has 1 saturated heterocycles. The Kier molecular flexibility index (Phi) is 5.25. The van der Waals surface area contributed by atoms with Crippen LogP contribution in [0, 0.1) is 12.8 Å². The van der Waals surface area contributed by atoms with Crippen LogP contribution in [0.4, 0.5) is 0 Å². The van der Waals surface area contributed by atoms with Gasteiger partial charge >= 0.3 is 0 Å². The fourth-order valence-corrected chi connectivity index (χ4v) is 3.48. The molecule has 0 bridgehead atoms. The van der Waals surface area contributed by atoms with Gasteiger partial charge < -0.3 is 4.90 Å². The molecule has 3 heterocycles. The summed E-state index contributed by atoms with van der Waals surface area (Å²) in [5.74, 6) is 0.740. The van der Waals surface area contributed by atoms with Crippen molar-refractivity contribution in [2.45, 2.75) is 59.5 Å². The Morgan fingerprint density at radius 2 is 2.12 bits per heavy atom. The van der Waals surface area contributed by atoms with Gasteiger partial charge in [-0.05, 0) is 37.7 Å². The number of hydrogen-bond acceptors (Lipinski definition) is 3. The molecule has 1 amide bonds. The molecule has 1 fully saturated rings. The molecule has 1 atom stereocenters. The van der Waals surface area contributed by atoms with E-state index in [1.54, 1.807) is 6.20 Å². The van der Waals surface area contributed by atoms with Crippen LogP contribution in [0.25, 0.3) is 0 Å². The second kappa shape index (κ2) is 7.42. The lowest BCUT2D eigenvalue weighted by Crippen LogP contribution is -2.30. The highest BCUT2D eigenvalue weighted by Crippen LogP contribution is 2.24. The van der Waals surface area contributed by atoms with Crippen LogP contribution in [-0.4, -0.2) is 43.5 Å². The van der Waals surface area contributed by atoms with Crippen molar-refractivity contribution in [2.75, 3.05) is 13.1 Å². The number of carbonyl (C=O) groups is 1. The first-order valence-electron chi connectivity index (χ1n) is 9.34. The second-order valence-electron chi connectivity index (χ2n) is 7.46. The van der Waals surface area contributed by atoms with E-state index in [4.69, 9.17) is 0 Å². The Hall–Kier alpha value is -2.11. The fourth-order valence-electron chi connectivity index (χ4n) is 3.48. The van der Waals surface area contributed by atoms with Crippen LogP contribution in [0.2, 0.25) is 0 Å². The van der Waals surface area contributed by atoms with Crippen molar-refractivity contribution >= 4 is 5.91 Å². The minimum absolute atomic E-state index is 0.110. The van der Waals surface area contributed by atoms with Gasteiger partial charge in [-0.25, -0.2) is 0 Å². The minimum atomic E-state index is 0.110. The van der Waals surface area contributed by atoms with E-state index in [9.17, 15) is 4.79 Å². The zero-order valence-electron chi connectivity index (χ0n) is 15.8. The zero-order valence-corrected chi connectivity index (χ0v) is 15.8. The summed E-state index contributed by atoms with van der Waals surface area (Å²) in [5, 5.41) is 8.89. The first-order chi connectivity index (χ1) is 12.0. The lowest BCUT2D eigenvalue weighted by atomic mass is 10.1. The average Bonchev–Trinajstić information content (AvgIpc) is 3.30. The highest BCUT2D eigenvalue weighted by Gasteiger charge is 2.30. The molecule has 1 aliphatic rings. The van der Waals surface area contributed by atoms with Crippen molar-refractivity contribution in [1.29, 1.82) is 0 Å². The average molecular weight is 343 g/mol. The molecule has 3 rings (SSSR count). The number of hydrogen-bond donors (Lipinski definition) is 0. The molecule has 0 aromatic carbocycles. The van der Waals surface area contributed by atoms with E-state index >= 15 is 0 Å². The fraction of sp³-hybridized carbons (Fsp3) is 0.632. The van der Waals surface area contributed by atoms with E-state index < -0.39 is 0 Å². The van der Waals surface area contributed by atoms with Crippen molar-refractivity contribution in [3.63, 3.8) is 0 Å². The summed E-state index contributed by atoms with van der Waals surface area (Å²) in [6, 6.07) is 0.277. The minimum Gasteiger partial charge on any atom is -0.336 e. The highest BCUT2D eigenvalue weighted by atomic mass is 16.2. The van der Waals surface area contributed by atoms with E-state index in [0.717, 1.165) is 55.7 Å². The molecule has 0 saturated carbocycles. The van der Waals surface area contributed by atoms with Crippen LogP contribution in [0.15, 0.2) is 18.6 Å². The van der Waals surface area contributed by atoms with Crippen LogP contribution < -0.4 is 0 Å². The molecule has 0 N–H and O–H groups in total. The van der Waals surface area contributed by atoms with Crippen molar-refractivity contribution in [2.24, 2.45) is 5.92 Å². The summed E-state index contributed by atoms with van der Waals surface area (Å²) < 4.78 is 4.01. The lowest BCUT2D eigenvalue weighted by Gasteiger charge is -2.17. The molecule has 2 aromatic rings. The van der Waals surface area contributed by atoms with Crippen LogP contribution >= 0.6 is 0 Å². The topological polar surface area (TPSA) is 56.0 Å². The van der Waals surface area contributed by atoms with Gasteiger partial charge in [0, 0.05) is 25.8 Å². The van der Waals surface area contributed by atoms with E-state index in [2.05, 4.69) is 37.2 Å². The summed E-state index contributed by atoms with van der Waals surface area (Å²) in [7, 11) is 0. The molecular formula is C19H29N5O. The number of carbonyl (C=O) groups excluding carboxylic acids is 1. The van der Waals surface area contributed by atoms with Gasteiger partial charge in [0.05, 0.1) is 29.7 Å². The molecular weight excluding hydrogens is 314 g/mol. The predicted octanol–water partition coefficient (Wildman–Crippen LogP) is 3.08. The molecule has 0 radical (unpaired) electrons. The Morgan fingerprint density at radius 3 is 2.76 bits per heavy atom. The molecule has 0 aliphatic carbocycles. The van der Waals surface area contributed by atoms with Crippen LogP contribution in [0.5, 0.6) is 0 Å². The first kappa shape index (κ1) is 17.7. The van der Waals surface area contributed by atoms with Gasteiger partial charge in [-0.2, -0.15) is 10.2 Å². The molecule has 1 aliphatic heterocycles. The molecule has 2 aromatic heterocycles. The third-order valence-corrected chi connectivity index (χ3v) is 4.99. The van der Waals surface area contributed by atoms with Crippen LogP contribution in [0.3, 0.4) is 0 Å². The van der Waals surface area contributed by atoms with E-state index in [-0.39, 0.29) is 11.9 Å². The van der Waals surface area contributed by atoms with Crippen molar-refractivity contribution in [3.8, 4) is 0 Å². The van der Waals surface area contributed by atoms with Gasteiger partial charge in [-0.1, -0.05) is 20.8 Å². The third-order valence-electron chi connectivity index (χ3n) is 4.99. The molecule has 136 valence electrons. The number of likely N-dealkylation sites (tertiary alicyclic amines) is 1. The monoisotopic (exact) mass is 343 g/mol. The molecule has 6 nitrogen and oxygen atoms in total. The predicted molar refractivity (Wildman–Crippen MR) is 97.6 cm³/mol. The molecule has 0 spiro atoms. The summed E-state index contributed by atoms with van der Waals surface area (Å²) in [6.07, 6.45) is 8.54. The summed E-state index contributed by atoms with van der Waals surface area (Å²) in [6.45, 7) is 10.9. The van der Waals surface area contributed by atoms with Gasteiger partial charge in [0.25, 0.3) is 5.91 Å². The Morgan fingerprint density at radius 1 is 1.32 bits per heavy atom. The third kappa shape index (κ3) is 3.78. The summed E-state index contributed by atoms with van der Waals surface area (Å²) in [5.41, 5.74) is 2.98. The van der Waals surface area contributed by atoms with Crippen molar-refractivity contribution in [1.82, 2.24) is 24.5 Å². The Bertz CT molecular complexity index is 730. The molecule has 6 heteroatoms. The van der Waals surface area contributed by atoms with Gasteiger partial charge in [-0.3, -0.25) is 14.2 Å². The second-order valence-corrected chi connectivity index (χ2v) is 7.46. The van der Waals surface area contributed by atoms with Gasteiger partial charge in [0.1, 0.15) is 0 Å². The van der Waals surface area contributed by atoms with Crippen molar-refractivity contribution < 1.29 is 4.79 Å². The quantitative estimate of drug-likeness (QED) is 0.810. The molecule has 25 heavy (non-hydrogen) atoms. The normalized spacial score (nSPS) is 17.6. The smallest absolute Gasteiger partial charge is 0.257 e. The molecule has 1 unspecified atom stereocenters. The largest absolute Gasteiger partial charge is 0.336 e. The van der Waals surface area contributed by atoms with Crippen LogP contribution in [0.1, 0.15) is 61.3 Å². The maximum absolute atomic E-state index is 13.0. The number of rotatable bonds is 6. The van der Waals surface area contributed by atoms with Gasteiger partial charge in [0.15, 0.2) is 0 Å². The lowest BCUT2D eigenvalue weighted by molar-refractivity contribution is 0.0786. The van der Waals surface area contributed by atoms with E-state index in [0.29, 0.717) is 5.92 Å². The zero-order chi connectivity index (χ0) is 18.0. The maximum Gasteiger partial charge on any atom is 0.257 e. The number of amides is 1. The number of aryl methyl sites for hydroxylation is 2. The number of aromatic nitrogens is 4. The Balaban J connectivity index is 1.71. The Labute approximate surface area is 149 Å². The van der Waals surface area contributed by atoms with E-state index in [1.165, 1.54) is 0 Å². The summed E-state index contributed by atoms with van der Waals surface area (Å²) in [4.78, 5) is 15.0.